The Balaban J connectivity index is 2.40. The van der Waals surface area contributed by atoms with Gasteiger partial charge in [-0.05, 0) is 47.7 Å². The smallest absolute Gasteiger partial charge is 0.416 e. The predicted octanol–water partition coefficient (Wildman–Crippen LogP) is 6.54. The lowest BCUT2D eigenvalue weighted by atomic mass is 9.88. The summed E-state index contributed by atoms with van der Waals surface area (Å²) in [4.78, 5) is 15.4. The van der Waals surface area contributed by atoms with Crippen molar-refractivity contribution >= 4 is 17.9 Å². The lowest BCUT2D eigenvalue weighted by molar-refractivity contribution is -0.143. The summed E-state index contributed by atoms with van der Waals surface area (Å²) < 4.78 is 78.1. The van der Waals surface area contributed by atoms with E-state index in [9.17, 15) is 36.2 Å². The number of hydrogen-bond acceptors (Lipinski definition) is 2. The monoisotopic (exact) mass is 443 g/mol. The van der Waals surface area contributed by atoms with Crippen LogP contribution in [0.3, 0.4) is 0 Å². The molecule has 0 radical (unpaired) electrons. The van der Waals surface area contributed by atoms with Gasteiger partial charge in [0.15, 0.2) is 0 Å². The number of carboxylic acids is 1. The Morgan fingerprint density at radius 1 is 1.06 bits per heavy atom. The van der Waals surface area contributed by atoms with Gasteiger partial charge in [-0.15, -0.1) is 6.58 Å². The number of nitrogens with zero attached hydrogens (tertiary/aromatic N) is 1. The molecule has 0 aromatic heterocycles. The van der Waals surface area contributed by atoms with Crippen LogP contribution >= 0.6 is 0 Å². The molecule has 1 N–H and O–H groups in total. The lowest BCUT2D eigenvalue weighted by Gasteiger charge is -2.17. The van der Waals surface area contributed by atoms with Crippen LogP contribution in [0.15, 0.2) is 60.1 Å². The SMILES string of the molecule is C=C[C@H](C(=O)O)[C@@H](C)Cc1ccccc1N=Cc1cc(C(F)(F)F)cc(C(F)(F)F)c1. The van der Waals surface area contributed by atoms with Crippen molar-refractivity contribution in [3.63, 3.8) is 0 Å². The molecule has 31 heavy (non-hydrogen) atoms. The summed E-state index contributed by atoms with van der Waals surface area (Å²) in [6.07, 6.45) is -7.40. The molecule has 9 heteroatoms. The first-order valence-electron chi connectivity index (χ1n) is 9.09. The molecule has 0 aliphatic rings. The number of rotatable bonds is 7. The largest absolute Gasteiger partial charge is 0.481 e. The van der Waals surface area contributed by atoms with Gasteiger partial charge in [0.1, 0.15) is 0 Å². The van der Waals surface area contributed by atoms with Gasteiger partial charge in [-0.1, -0.05) is 31.2 Å². The average Bonchev–Trinajstić information content (AvgIpc) is 2.66. The topological polar surface area (TPSA) is 49.7 Å². The molecule has 0 fully saturated rings. The number of carboxylic acid groups (broad SMARTS) is 1. The first-order valence-corrected chi connectivity index (χ1v) is 9.09. The van der Waals surface area contributed by atoms with E-state index in [1.807, 2.05) is 0 Å². The number of hydrogen-bond donors (Lipinski definition) is 1. The van der Waals surface area contributed by atoms with Crippen molar-refractivity contribution in [2.75, 3.05) is 0 Å². The molecule has 0 saturated carbocycles. The van der Waals surface area contributed by atoms with Crippen LogP contribution in [0, 0.1) is 11.8 Å². The number of para-hydroxylation sites is 1. The van der Waals surface area contributed by atoms with Gasteiger partial charge in [0, 0.05) is 6.21 Å². The molecular formula is C22H19F6NO2. The lowest BCUT2D eigenvalue weighted by Crippen LogP contribution is -2.21. The second kappa shape index (κ2) is 9.36. The summed E-state index contributed by atoms with van der Waals surface area (Å²) in [6, 6.07) is 7.71. The third-order valence-corrected chi connectivity index (χ3v) is 4.65. The highest BCUT2D eigenvalue weighted by Crippen LogP contribution is 2.36. The standard InChI is InChI=1S/C22H19F6NO2/c1-3-18(20(30)31)13(2)8-15-6-4-5-7-19(15)29-12-14-9-16(21(23,24)25)11-17(10-14)22(26,27)28/h3-7,9-13,18H,1,8H2,2H3,(H,30,31)/t13-,18-/m0/s1. The van der Waals surface area contributed by atoms with E-state index < -0.39 is 35.4 Å². The minimum atomic E-state index is -4.95. The molecule has 2 aromatic carbocycles. The molecule has 0 spiro atoms. The Bertz CT molecular complexity index is 946. The van der Waals surface area contributed by atoms with Gasteiger partial charge < -0.3 is 5.11 Å². The Labute approximate surface area is 174 Å². The van der Waals surface area contributed by atoms with Gasteiger partial charge in [-0.2, -0.15) is 26.3 Å². The fourth-order valence-corrected chi connectivity index (χ4v) is 3.06. The molecule has 0 amide bonds. The second-order valence-corrected chi connectivity index (χ2v) is 7.01. The van der Waals surface area contributed by atoms with Crippen LogP contribution in [-0.4, -0.2) is 17.3 Å². The third-order valence-electron chi connectivity index (χ3n) is 4.65. The molecule has 2 atom stereocenters. The van der Waals surface area contributed by atoms with E-state index in [4.69, 9.17) is 0 Å². The maximum atomic E-state index is 13.0. The summed E-state index contributed by atoms with van der Waals surface area (Å²) >= 11 is 0. The van der Waals surface area contributed by atoms with Gasteiger partial charge >= 0.3 is 18.3 Å². The second-order valence-electron chi connectivity index (χ2n) is 7.01. The van der Waals surface area contributed by atoms with Crippen LogP contribution in [0.4, 0.5) is 32.0 Å². The van der Waals surface area contributed by atoms with Crippen molar-refractivity contribution in [3.8, 4) is 0 Å². The highest BCUT2D eigenvalue weighted by atomic mass is 19.4. The van der Waals surface area contributed by atoms with Crippen LogP contribution < -0.4 is 0 Å². The number of aliphatic imine (C=N–C) groups is 1. The summed E-state index contributed by atoms with van der Waals surface area (Å²) in [5, 5.41) is 9.24. The summed E-state index contributed by atoms with van der Waals surface area (Å²) in [5.74, 6) is -2.24. The Morgan fingerprint density at radius 3 is 2.10 bits per heavy atom. The molecule has 0 aliphatic carbocycles. The van der Waals surface area contributed by atoms with E-state index in [1.165, 1.54) is 6.08 Å². The van der Waals surface area contributed by atoms with Gasteiger partial charge in [0.2, 0.25) is 0 Å². The molecule has 166 valence electrons. The molecular weight excluding hydrogens is 424 g/mol. The summed E-state index contributed by atoms with van der Waals surface area (Å²) in [5.41, 5.74) is -2.31. The van der Waals surface area contributed by atoms with Crippen LogP contribution in [-0.2, 0) is 23.6 Å². The van der Waals surface area contributed by atoms with Crippen molar-refractivity contribution in [1.29, 1.82) is 0 Å². The van der Waals surface area contributed by atoms with Gasteiger partial charge in [-0.25, -0.2) is 0 Å². The average molecular weight is 443 g/mol. The van der Waals surface area contributed by atoms with Gasteiger partial charge in [0.05, 0.1) is 22.7 Å². The maximum absolute atomic E-state index is 13.0. The Hall–Kier alpha value is -3.10. The number of carbonyl (C=O) groups is 1. The van der Waals surface area contributed by atoms with Crippen molar-refractivity contribution in [1.82, 2.24) is 0 Å². The maximum Gasteiger partial charge on any atom is 0.416 e. The quantitative estimate of drug-likeness (QED) is 0.300. The van der Waals surface area contributed by atoms with Crippen molar-refractivity contribution < 1.29 is 36.2 Å². The summed E-state index contributed by atoms with van der Waals surface area (Å²) in [7, 11) is 0. The normalized spacial score (nSPS) is 14.4. The zero-order valence-corrected chi connectivity index (χ0v) is 16.3. The molecule has 0 heterocycles. The van der Waals surface area contributed by atoms with E-state index in [-0.39, 0.29) is 24.0 Å². The van der Waals surface area contributed by atoms with Crippen LogP contribution in [0.2, 0.25) is 0 Å². The predicted molar refractivity (Wildman–Crippen MR) is 104 cm³/mol. The Morgan fingerprint density at radius 2 is 1.61 bits per heavy atom. The number of halogens is 6. The van der Waals surface area contributed by atoms with Crippen molar-refractivity contribution in [2.24, 2.45) is 16.8 Å². The minimum Gasteiger partial charge on any atom is -0.481 e. The third kappa shape index (κ3) is 6.44. The Kier molecular flexibility index (Phi) is 7.30. The fraction of sp³-hybridized carbons (Fsp3) is 0.273. The minimum absolute atomic E-state index is 0.0499. The van der Waals surface area contributed by atoms with E-state index in [1.54, 1.807) is 31.2 Å². The van der Waals surface area contributed by atoms with E-state index >= 15 is 0 Å². The fourth-order valence-electron chi connectivity index (χ4n) is 3.06. The molecule has 0 bridgehead atoms. The van der Waals surface area contributed by atoms with Crippen molar-refractivity contribution in [2.45, 2.75) is 25.7 Å². The van der Waals surface area contributed by atoms with Gasteiger partial charge in [0.25, 0.3) is 0 Å². The summed E-state index contributed by atoms with van der Waals surface area (Å²) in [6.45, 7) is 5.20. The molecule has 2 aromatic rings. The highest BCUT2D eigenvalue weighted by molar-refractivity contribution is 5.83. The molecule has 2 rings (SSSR count). The van der Waals surface area contributed by atoms with Gasteiger partial charge in [-0.3, -0.25) is 9.79 Å². The van der Waals surface area contributed by atoms with Crippen LogP contribution in [0.25, 0.3) is 0 Å². The van der Waals surface area contributed by atoms with E-state index in [2.05, 4.69) is 11.6 Å². The molecule has 0 aliphatic heterocycles. The first-order chi connectivity index (χ1) is 14.3. The zero-order chi connectivity index (χ0) is 23.4. The zero-order valence-electron chi connectivity index (χ0n) is 16.3. The van der Waals surface area contributed by atoms with Crippen LogP contribution in [0.1, 0.15) is 29.2 Å². The molecule has 0 unspecified atom stereocenters. The van der Waals surface area contributed by atoms with Crippen molar-refractivity contribution in [3.05, 3.63) is 77.4 Å². The molecule has 0 saturated heterocycles. The number of aliphatic carboxylic acids is 1. The number of alkyl halides is 6. The first kappa shape index (κ1) is 24.2. The molecule has 3 nitrogen and oxygen atoms in total. The highest BCUT2D eigenvalue weighted by Gasteiger charge is 2.36. The van der Waals surface area contributed by atoms with E-state index in [0.29, 0.717) is 23.4 Å². The number of benzene rings is 2. The van der Waals surface area contributed by atoms with Crippen LogP contribution in [0.5, 0.6) is 0 Å². The van der Waals surface area contributed by atoms with E-state index in [0.717, 1.165) is 6.21 Å².